The Morgan fingerprint density at radius 1 is 1.35 bits per heavy atom. The van der Waals surface area contributed by atoms with Crippen LogP contribution in [0.1, 0.15) is 26.2 Å². The molecule has 3 unspecified atom stereocenters. The second-order valence-electron chi connectivity index (χ2n) is 4.58. The summed E-state index contributed by atoms with van der Waals surface area (Å²) >= 11 is 0. The van der Waals surface area contributed by atoms with Gasteiger partial charge < -0.3 is 15.2 Å². The van der Waals surface area contributed by atoms with E-state index in [1.165, 1.54) is 0 Å². The molecular formula is C12H21NO4. The number of ether oxygens (including phenoxy) is 1. The molecule has 1 aliphatic rings. The van der Waals surface area contributed by atoms with Gasteiger partial charge in [-0.05, 0) is 18.8 Å². The predicted molar refractivity (Wildman–Crippen MR) is 62.5 cm³/mol. The Bertz CT molecular complexity index is 280. The molecule has 0 bridgehead atoms. The van der Waals surface area contributed by atoms with Crippen LogP contribution in [0.5, 0.6) is 0 Å². The van der Waals surface area contributed by atoms with Gasteiger partial charge in [0.15, 0.2) is 0 Å². The maximum Gasteiger partial charge on any atom is 0.307 e. The first-order chi connectivity index (χ1) is 8.10. The number of amides is 1. The summed E-state index contributed by atoms with van der Waals surface area (Å²) in [6.45, 7) is 2.93. The normalized spacial score (nSPS) is 28.0. The van der Waals surface area contributed by atoms with Crippen LogP contribution in [-0.2, 0) is 14.3 Å². The molecule has 0 aromatic heterocycles. The molecule has 0 saturated heterocycles. The minimum Gasteiger partial charge on any atom is -0.481 e. The van der Waals surface area contributed by atoms with E-state index in [-0.39, 0.29) is 11.8 Å². The number of hydrogen-bond acceptors (Lipinski definition) is 3. The molecule has 5 nitrogen and oxygen atoms in total. The van der Waals surface area contributed by atoms with Crippen molar-refractivity contribution in [2.75, 3.05) is 20.3 Å². The van der Waals surface area contributed by atoms with Gasteiger partial charge in [-0.25, -0.2) is 0 Å². The highest BCUT2D eigenvalue weighted by molar-refractivity contribution is 5.85. The fraction of sp³-hybridized carbons (Fsp3) is 0.833. The third-order valence-corrected chi connectivity index (χ3v) is 3.50. The lowest BCUT2D eigenvalue weighted by Crippen LogP contribution is -2.36. The summed E-state index contributed by atoms with van der Waals surface area (Å²) in [4.78, 5) is 23.0. The number of rotatable bonds is 6. The maximum atomic E-state index is 11.9. The van der Waals surface area contributed by atoms with E-state index in [4.69, 9.17) is 9.84 Å². The van der Waals surface area contributed by atoms with E-state index in [2.05, 4.69) is 5.32 Å². The molecule has 1 amide bonds. The lowest BCUT2D eigenvalue weighted by molar-refractivity contribution is -0.146. The van der Waals surface area contributed by atoms with Crippen molar-refractivity contribution in [3.63, 3.8) is 0 Å². The van der Waals surface area contributed by atoms with Crippen LogP contribution in [0.4, 0.5) is 0 Å². The van der Waals surface area contributed by atoms with Crippen molar-refractivity contribution in [1.82, 2.24) is 5.32 Å². The molecule has 5 heteroatoms. The highest BCUT2D eigenvalue weighted by Crippen LogP contribution is 2.38. The predicted octanol–water partition coefficient (Wildman–Crippen LogP) is 0.886. The summed E-state index contributed by atoms with van der Waals surface area (Å²) in [7, 11) is 1.56. The standard InChI is InChI=1S/C12H21NO4/c1-3-8-6-9(10(7-8)12(15)16)11(14)13-4-5-17-2/h8-10H,3-7H2,1-2H3,(H,13,14)(H,15,16). The number of methoxy groups -OCH3 is 1. The first-order valence-corrected chi connectivity index (χ1v) is 6.09. The van der Waals surface area contributed by atoms with Crippen molar-refractivity contribution >= 4 is 11.9 Å². The summed E-state index contributed by atoms with van der Waals surface area (Å²) in [5, 5.41) is 11.8. The van der Waals surface area contributed by atoms with E-state index < -0.39 is 11.9 Å². The highest BCUT2D eigenvalue weighted by atomic mass is 16.5. The second-order valence-corrected chi connectivity index (χ2v) is 4.58. The molecule has 0 spiro atoms. The van der Waals surface area contributed by atoms with Gasteiger partial charge in [0, 0.05) is 13.7 Å². The maximum absolute atomic E-state index is 11.9. The lowest BCUT2D eigenvalue weighted by Gasteiger charge is -2.15. The van der Waals surface area contributed by atoms with Crippen LogP contribution < -0.4 is 5.32 Å². The van der Waals surface area contributed by atoms with E-state index in [1.54, 1.807) is 7.11 Å². The molecule has 98 valence electrons. The summed E-state index contributed by atoms with van der Waals surface area (Å²) in [5.74, 6) is -1.55. The summed E-state index contributed by atoms with van der Waals surface area (Å²) in [6, 6.07) is 0. The Hall–Kier alpha value is -1.10. The lowest BCUT2D eigenvalue weighted by atomic mass is 9.95. The van der Waals surface area contributed by atoms with Gasteiger partial charge in [-0.3, -0.25) is 9.59 Å². The van der Waals surface area contributed by atoms with Gasteiger partial charge in [-0.15, -0.1) is 0 Å². The average molecular weight is 243 g/mol. The molecule has 0 aromatic carbocycles. The molecule has 0 aliphatic heterocycles. The van der Waals surface area contributed by atoms with Crippen LogP contribution in [-0.4, -0.2) is 37.2 Å². The van der Waals surface area contributed by atoms with Crippen molar-refractivity contribution in [2.45, 2.75) is 26.2 Å². The Balaban J connectivity index is 2.54. The van der Waals surface area contributed by atoms with Gasteiger partial charge in [-0.1, -0.05) is 13.3 Å². The molecular weight excluding hydrogens is 222 g/mol. The van der Waals surface area contributed by atoms with Gasteiger partial charge in [0.25, 0.3) is 0 Å². The summed E-state index contributed by atoms with van der Waals surface area (Å²) in [5.41, 5.74) is 0. The number of hydrogen-bond donors (Lipinski definition) is 2. The Kier molecular flexibility index (Phi) is 5.41. The van der Waals surface area contributed by atoms with Gasteiger partial charge in [0.05, 0.1) is 18.4 Å². The van der Waals surface area contributed by atoms with Gasteiger partial charge in [-0.2, -0.15) is 0 Å². The highest BCUT2D eigenvalue weighted by Gasteiger charge is 2.41. The van der Waals surface area contributed by atoms with Crippen LogP contribution in [0.2, 0.25) is 0 Å². The van der Waals surface area contributed by atoms with E-state index in [0.29, 0.717) is 31.9 Å². The third kappa shape index (κ3) is 3.70. The third-order valence-electron chi connectivity index (χ3n) is 3.50. The van der Waals surface area contributed by atoms with Crippen molar-refractivity contribution in [3.8, 4) is 0 Å². The molecule has 0 radical (unpaired) electrons. The molecule has 0 heterocycles. The average Bonchev–Trinajstić information content (AvgIpc) is 2.73. The van der Waals surface area contributed by atoms with Gasteiger partial charge in [0.1, 0.15) is 0 Å². The number of aliphatic carboxylic acids is 1. The largest absolute Gasteiger partial charge is 0.481 e. The van der Waals surface area contributed by atoms with E-state index >= 15 is 0 Å². The zero-order valence-electron chi connectivity index (χ0n) is 10.4. The van der Waals surface area contributed by atoms with Crippen LogP contribution in [0.15, 0.2) is 0 Å². The van der Waals surface area contributed by atoms with E-state index in [0.717, 1.165) is 6.42 Å². The molecule has 3 atom stereocenters. The Morgan fingerprint density at radius 3 is 2.53 bits per heavy atom. The topological polar surface area (TPSA) is 75.6 Å². The number of nitrogens with one attached hydrogen (secondary N) is 1. The van der Waals surface area contributed by atoms with Crippen molar-refractivity contribution < 1.29 is 19.4 Å². The zero-order chi connectivity index (χ0) is 12.8. The number of carboxylic acid groups (broad SMARTS) is 1. The van der Waals surface area contributed by atoms with E-state index in [1.807, 2.05) is 6.92 Å². The van der Waals surface area contributed by atoms with E-state index in [9.17, 15) is 9.59 Å². The number of carboxylic acids is 1. The SMILES string of the molecule is CCC1CC(C(=O)O)C(C(=O)NCCOC)C1. The molecule has 2 N–H and O–H groups in total. The number of carbonyl (C=O) groups is 2. The Morgan fingerprint density at radius 2 is 2.00 bits per heavy atom. The quantitative estimate of drug-likeness (QED) is 0.679. The van der Waals surface area contributed by atoms with Crippen molar-refractivity contribution in [3.05, 3.63) is 0 Å². The van der Waals surface area contributed by atoms with Crippen LogP contribution in [0, 0.1) is 17.8 Å². The molecule has 1 aliphatic carbocycles. The molecule has 0 aromatic rings. The van der Waals surface area contributed by atoms with Gasteiger partial charge in [0.2, 0.25) is 5.91 Å². The molecule has 1 fully saturated rings. The monoisotopic (exact) mass is 243 g/mol. The van der Waals surface area contributed by atoms with Crippen LogP contribution >= 0.6 is 0 Å². The molecule has 1 saturated carbocycles. The smallest absolute Gasteiger partial charge is 0.307 e. The fourth-order valence-electron chi connectivity index (χ4n) is 2.45. The van der Waals surface area contributed by atoms with Crippen molar-refractivity contribution in [2.24, 2.45) is 17.8 Å². The number of carbonyl (C=O) groups excluding carboxylic acids is 1. The van der Waals surface area contributed by atoms with Crippen LogP contribution in [0.25, 0.3) is 0 Å². The fourth-order valence-corrected chi connectivity index (χ4v) is 2.45. The zero-order valence-corrected chi connectivity index (χ0v) is 10.4. The second kappa shape index (κ2) is 6.59. The summed E-state index contributed by atoms with van der Waals surface area (Å²) in [6.07, 6.45) is 2.24. The minimum absolute atomic E-state index is 0.148. The van der Waals surface area contributed by atoms with Crippen molar-refractivity contribution in [1.29, 1.82) is 0 Å². The first kappa shape index (κ1) is 14.0. The summed E-state index contributed by atoms with van der Waals surface area (Å²) < 4.78 is 4.84. The molecule has 1 rings (SSSR count). The van der Waals surface area contributed by atoms with Gasteiger partial charge >= 0.3 is 5.97 Å². The first-order valence-electron chi connectivity index (χ1n) is 6.09. The Labute approximate surface area is 102 Å². The van der Waals surface area contributed by atoms with Crippen LogP contribution in [0.3, 0.4) is 0 Å². The minimum atomic E-state index is -0.854. The molecule has 17 heavy (non-hydrogen) atoms.